The van der Waals surface area contributed by atoms with Crippen LogP contribution in [0, 0.1) is 0 Å². The van der Waals surface area contributed by atoms with Crippen molar-refractivity contribution in [3.05, 3.63) is 58.1 Å². The lowest BCUT2D eigenvalue weighted by Crippen LogP contribution is -2.24. The van der Waals surface area contributed by atoms with Crippen LogP contribution >= 0.6 is 23.2 Å². The number of nitrogens with zero attached hydrogens (tertiary/aromatic N) is 2. The van der Waals surface area contributed by atoms with E-state index in [2.05, 4.69) is 34.2 Å². The van der Waals surface area contributed by atoms with E-state index in [0.717, 1.165) is 37.1 Å². The maximum Gasteiger partial charge on any atom is 0.222 e. The highest BCUT2D eigenvalue weighted by Gasteiger charge is 2.36. The average Bonchev–Trinajstić information content (AvgIpc) is 2.88. The monoisotopic (exact) mass is 318 g/mol. The minimum atomic E-state index is 0.297. The molecule has 4 rings (SSSR count). The van der Waals surface area contributed by atoms with Gasteiger partial charge in [0.1, 0.15) is 0 Å². The fourth-order valence-corrected chi connectivity index (χ4v) is 4.19. The van der Waals surface area contributed by atoms with Crippen molar-refractivity contribution in [2.45, 2.75) is 42.9 Å². The molecule has 0 spiro atoms. The number of aromatic nitrogens is 2. The van der Waals surface area contributed by atoms with Crippen LogP contribution in [0.25, 0.3) is 0 Å². The highest BCUT2D eigenvalue weighted by Crippen LogP contribution is 2.45. The van der Waals surface area contributed by atoms with Gasteiger partial charge in [-0.2, -0.15) is 0 Å². The third kappa shape index (κ3) is 2.35. The van der Waals surface area contributed by atoms with Gasteiger partial charge in [-0.05, 0) is 48.4 Å². The number of hydrogen-bond donors (Lipinski definition) is 0. The molecule has 0 aliphatic heterocycles. The van der Waals surface area contributed by atoms with Crippen molar-refractivity contribution < 1.29 is 0 Å². The number of fused-ring (bicyclic) bond motifs is 1. The summed E-state index contributed by atoms with van der Waals surface area (Å²) in [4.78, 5) is 9.08. The van der Waals surface area contributed by atoms with Crippen LogP contribution in [0.1, 0.15) is 53.6 Å². The molecule has 2 aromatic rings. The molecule has 2 aliphatic rings. The van der Waals surface area contributed by atoms with Crippen LogP contribution < -0.4 is 0 Å². The molecule has 2 aliphatic carbocycles. The largest absolute Gasteiger partial charge is 0.222 e. The molecule has 1 saturated carbocycles. The highest BCUT2D eigenvalue weighted by atomic mass is 35.5. The van der Waals surface area contributed by atoms with E-state index < -0.39 is 0 Å². The van der Waals surface area contributed by atoms with Crippen molar-refractivity contribution in [1.82, 2.24) is 9.97 Å². The molecule has 1 aromatic carbocycles. The van der Waals surface area contributed by atoms with Crippen LogP contribution in [0.15, 0.2) is 30.3 Å². The molecule has 1 fully saturated rings. The normalized spacial score (nSPS) is 27.2. The van der Waals surface area contributed by atoms with E-state index in [9.17, 15) is 0 Å². The Kier molecular flexibility index (Phi) is 3.39. The second-order valence-electron chi connectivity index (χ2n) is 6.01. The lowest BCUT2D eigenvalue weighted by molar-refractivity contribution is 0.416. The Hall–Kier alpha value is -1.12. The van der Waals surface area contributed by atoms with Gasteiger partial charge in [-0.3, -0.25) is 0 Å². The smallest absolute Gasteiger partial charge is 0.222 e. The minimum absolute atomic E-state index is 0.297. The topological polar surface area (TPSA) is 25.8 Å². The Bertz CT molecular complexity index is 666. The van der Waals surface area contributed by atoms with Crippen LogP contribution in [0.3, 0.4) is 0 Å². The lowest BCUT2D eigenvalue weighted by Gasteiger charge is -2.31. The molecular weight excluding hydrogens is 303 g/mol. The van der Waals surface area contributed by atoms with Gasteiger partial charge < -0.3 is 0 Å². The second-order valence-corrected chi connectivity index (χ2v) is 6.96. The maximum atomic E-state index is 6.19. The van der Waals surface area contributed by atoms with E-state index in [4.69, 9.17) is 23.2 Å². The molecule has 1 aromatic heterocycles. The van der Waals surface area contributed by atoms with Crippen LogP contribution in [-0.2, 0) is 6.42 Å². The van der Waals surface area contributed by atoms with Crippen LogP contribution in [0.5, 0.6) is 0 Å². The zero-order valence-electron chi connectivity index (χ0n) is 11.6. The van der Waals surface area contributed by atoms with Crippen molar-refractivity contribution in [3.8, 4) is 0 Å². The SMILES string of the molecule is Clc1nc(C2CC(Cl)C2)c2c(n1)C(c1ccccc1)CC2. The summed E-state index contributed by atoms with van der Waals surface area (Å²) in [5, 5.41) is 0.676. The number of rotatable bonds is 2. The van der Waals surface area contributed by atoms with Gasteiger partial charge in [0.25, 0.3) is 0 Å². The first-order valence-electron chi connectivity index (χ1n) is 7.47. The summed E-state index contributed by atoms with van der Waals surface area (Å²) in [6.07, 6.45) is 4.16. The molecule has 21 heavy (non-hydrogen) atoms. The Labute approximate surface area is 134 Å². The zero-order chi connectivity index (χ0) is 14.4. The highest BCUT2D eigenvalue weighted by molar-refractivity contribution is 6.28. The zero-order valence-corrected chi connectivity index (χ0v) is 13.1. The summed E-state index contributed by atoms with van der Waals surface area (Å²) in [5.74, 6) is 0.823. The Morgan fingerprint density at radius 3 is 2.43 bits per heavy atom. The number of hydrogen-bond acceptors (Lipinski definition) is 2. The predicted molar refractivity (Wildman–Crippen MR) is 85.3 cm³/mol. The third-order valence-corrected chi connectivity index (χ3v) is 5.25. The summed E-state index contributed by atoms with van der Waals surface area (Å²) in [7, 11) is 0. The molecule has 2 nitrogen and oxygen atoms in total. The van der Waals surface area contributed by atoms with Gasteiger partial charge >= 0.3 is 0 Å². The lowest BCUT2D eigenvalue weighted by atomic mass is 9.80. The van der Waals surface area contributed by atoms with Crippen LogP contribution in [0.2, 0.25) is 5.28 Å². The van der Waals surface area contributed by atoms with Crippen molar-refractivity contribution in [2.75, 3.05) is 0 Å². The van der Waals surface area contributed by atoms with Gasteiger partial charge in [0.15, 0.2) is 0 Å². The average molecular weight is 319 g/mol. The fourth-order valence-electron chi connectivity index (χ4n) is 3.58. The summed E-state index contributed by atoms with van der Waals surface area (Å²) in [6.45, 7) is 0. The fraction of sp³-hybridized carbons (Fsp3) is 0.412. The molecule has 1 atom stereocenters. The summed E-state index contributed by atoms with van der Waals surface area (Å²) < 4.78 is 0. The molecule has 1 heterocycles. The van der Waals surface area contributed by atoms with E-state index in [1.165, 1.54) is 11.1 Å². The molecule has 0 radical (unpaired) electrons. The molecule has 108 valence electrons. The number of benzene rings is 1. The van der Waals surface area contributed by atoms with Gasteiger partial charge in [0.2, 0.25) is 5.28 Å². The van der Waals surface area contributed by atoms with Crippen molar-refractivity contribution in [1.29, 1.82) is 0 Å². The first kappa shape index (κ1) is 13.5. The number of halogens is 2. The van der Waals surface area contributed by atoms with Crippen LogP contribution in [-0.4, -0.2) is 15.3 Å². The molecular formula is C17H16Cl2N2. The van der Waals surface area contributed by atoms with E-state index in [0.29, 0.717) is 22.5 Å². The maximum absolute atomic E-state index is 6.19. The summed E-state index contributed by atoms with van der Waals surface area (Å²) in [5.41, 5.74) is 4.93. The van der Waals surface area contributed by atoms with Gasteiger partial charge in [0.05, 0.1) is 11.4 Å². The van der Waals surface area contributed by atoms with Gasteiger partial charge in [-0.25, -0.2) is 9.97 Å². The molecule has 0 bridgehead atoms. The quantitative estimate of drug-likeness (QED) is 0.593. The van der Waals surface area contributed by atoms with E-state index in [1.54, 1.807) is 0 Å². The van der Waals surface area contributed by atoms with Crippen molar-refractivity contribution in [2.24, 2.45) is 0 Å². The molecule has 0 amide bonds. The first-order valence-corrected chi connectivity index (χ1v) is 8.29. The second kappa shape index (κ2) is 5.26. The van der Waals surface area contributed by atoms with E-state index >= 15 is 0 Å². The molecule has 0 saturated heterocycles. The number of alkyl halides is 1. The summed E-state index contributed by atoms with van der Waals surface area (Å²) in [6, 6.07) is 10.6. The Morgan fingerprint density at radius 2 is 1.71 bits per heavy atom. The standard InChI is InChI=1S/C17H16Cl2N2/c18-12-8-11(9-12)15-14-7-6-13(10-4-2-1-3-5-10)16(14)21-17(19)20-15/h1-5,11-13H,6-9H2. The molecule has 4 heteroatoms. The van der Waals surface area contributed by atoms with Crippen molar-refractivity contribution in [3.63, 3.8) is 0 Å². The Balaban J connectivity index is 1.75. The van der Waals surface area contributed by atoms with E-state index in [1.807, 2.05) is 6.07 Å². The first-order chi connectivity index (χ1) is 10.2. The predicted octanol–water partition coefficient (Wildman–Crippen LogP) is 4.69. The van der Waals surface area contributed by atoms with E-state index in [-0.39, 0.29) is 0 Å². The molecule has 1 unspecified atom stereocenters. The van der Waals surface area contributed by atoms with Crippen LogP contribution in [0.4, 0.5) is 0 Å². The third-order valence-electron chi connectivity index (χ3n) is 4.73. The van der Waals surface area contributed by atoms with Crippen molar-refractivity contribution >= 4 is 23.2 Å². The summed E-state index contributed by atoms with van der Waals surface area (Å²) >= 11 is 12.3. The Morgan fingerprint density at radius 1 is 1.00 bits per heavy atom. The minimum Gasteiger partial charge on any atom is -0.222 e. The van der Waals surface area contributed by atoms with Gasteiger partial charge in [-0.1, -0.05) is 30.3 Å². The van der Waals surface area contributed by atoms with Gasteiger partial charge in [-0.15, -0.1) is 11.6 Å². The molecule has 0 N–H and O–H groups in total. The van der Waals surface area contributed by atoms with Gasteiger partial charge in [0, 0.05) is 17.2 Å².